The van der Waals surface area contributed by atoms with Gasteiger partial charge < -0.3 is 5.73 Å². The van der Waals surface area contributed by atoms with Crippen LogP contribution in [0.25, 0.3) is 0 Å². The zero-order valence-electron chi connectivity index (χ0n) is 5.71. The highest BCUT2D eigenvalue weighted by Gasteiger charge is 1.98. The first-order chi connectivity index (χ1) is 4.70. The van der Waals surface area contributed by atoms with Crippen LogP contribution in [-0.2, 0) is 0 Å². The maximum absolute atomic E-state index is 5.62. The SMILES string of the molecule is CC(N)c1cncc(Br)c1. The Balaban J connectivity index is 2.96. The molecule has 2 nitrogen and oxygen atoms in total. The van der Waals surface area contributed by atoms with Gasteiger partial charge in [-0.1, -0.05) is 0 Å². The molecule has 1 aromatic rings. The second kappa shape index (κ2) is 3.12. The summed E-state index contributed by atoms with van der Waals surface area (Å²) in [6.45, 7) is 1.93. The van der Waals surface area contributed by atoms with Crippen LogP contribution in [0.2, 0.25) is 0 Å². The summed E-state index contributed by atoms with van der Waals surface area (Å²) < 4.78 is 0.974. The van der Waals surface area contributed by atoms with E-state index in [1.54, 1.807) is 12.4 Å². The highest BCUT2D eigenvalue weighted by atomic mass is 79.9. The molecule has 0 aliphatic rings. The minimum atomic E-state index is 0.0602. The number of hydrogen-bond donors (Lipinski definition) is 1. The first-order valence-electron chi connectivity index (χ1n) is 3.06. The summed E-state index contributed by atoms with van der Waals surface area (Å²) in [7, 11) is 0. The Hall–Kier alpha value is -0.410. The first-order valence-corrected chi connectivity index (χ1v) is 3.85. The fourth-order valence-corrected chi connectivity index (χ4v) is 1.06. The van der Waals surface area contributed by atoms with Crippen molar-refractivity contribution in [2.45, 2.75) is 13.0 Å². The lowest BCUT2D eigenvalue weighted by Gasteiger charge is -2.03. The minimum absolute atomic E-state index is 0.0602. The van der Waals surface area contributed by atoms with E-state index in [1.165, 1.54) is 0 Å². The zero-order valence-corrected chi connectivity index (χ0v) is 7.30. The van der Waals surface area contributed by atoms with Crippen LogP contribution in [0.1, 0.15) is 18.5 Å². The third-order valence-electron chi connectivity index (χ3n) is 1.25. The van der Waals surface area contributed by atoms with Gasteiger partial charge in [0.05, 0.1) is 0 Å². The molecule has 54 valence electrons. The maximum atomic E-state index is 5.62. The van der Waals surface area contributed by atoms with Gasteiger partial charge in [0, 0.05) is 22.9 Å². The molecule has 1 heterocycles. The van der Waals surface area contributed by atoms with Crippen molar-refractivity contribution in [3.63, 3.8) is 0 Å². The number of nitrogens with two attached hydrogens (primary N) is 1. The fourth-order valence-electron chi connectivity index (χ4n) is 0.677. The number of pyridine rings is 1. The van der Waals surface area contributed by atoms with Gasteiger partial charge in [-0.25, -0.2) is 0 Å². The highest BCUT2D eigenvalue weighted by Crippen LogP contribution is 2.13. The number of halogens is 1. The Morgan fingerprint density at radius 1 is 1.60 bits per heavy atom. The van der Waals surface area contributed by atoms with Crippen molar-refractivity contribution >= 4 is 15.9 Å². The van der Waals surface area contributed by atoms with Crippen LogP contribution in [0.15, 0.2) is 22.9 Å². The molecule has 0 aliphatic heterocycles. The highest BCUT2D eigenvalue weighted by molar-refractivity contribution is 9.10. The normalized spacial score (nSPS) is 13.1. The molecular formula is C7H9BrN2. The number of aromatic nitrogens is 1. The Morgan fingerprint density at radius 2 is 2.30 bits per heavy atom. The summed E-state index contributed by atoms with van der Waals surface area (Å²) in [4.78, 5) is 3.98. The van der Waals surface area contributed by atoms with Gasteiger partial charge in [0.2, 0.25) is 0 Å². The molecule has 0 fully saturated rings. The van der Waals surface area contributed by atoms with Crippen LogP contribution in [0, 0.1) is 0 Å². The zero-order chi connectivity index (χ0) is 7.56. The predicted octanol–water partition coefficient (Wildman–Crippen LogP) is 1.86. The minimum Gasteiger partial charge on any atom is -0.324 e. The molecule has 1 aromatic heterocycles. The molecule has 10 heavy (non-hydrogen) atoms. The molecule has 1 unspecified atom stereocenters. The fraction of sp³-hybridized carbons (Fsp3) is 0.286. The molecule has 0 saturated carbocycles. The van der Waals surface area contributed by atoms with Gasteiger partial charge in [-0.15, -0.1) is 0 Å². The van der Waals surface area contributed by atoms with Gasteiger partial charge in [0.25, 0.3) is 0 Å². The Morgan fingerprint density at radius 3 is 2.70 bits per heavy atom. The molecule has 1 atom stereocenters. The van der Waals surface area contributed by atoms with E-state index in [0.29, 0.717) is 0 Å². The molecule has 0 radical (unpaired) electrons. The van der Waals surface area contributed by atoms with Crippen molar-refractivity contribution in [3.8, 4) is 0 Å². The van der Waals surface area contributed by atoms with Crippen LogP contribution in [-0.4, -0.2) is 4.98 Å². The molecule has 0 saturated heterocycles. The summed E-state index contributed by atoms with van der Waals surface area (Å²) in [6, 6.07) is 2.03. The third-order valence-corrected chi connectivity index (χ3v) is 1.69. The van der Waals surface area contributed by atoms with Crippen molar-refractivity contribution in [2.24, 2.45) is 5.73 Å². The van der Waals surface area contributed by atoms with Gasteiger partial charge in [0.15, 0.2) is 0 Å². The maximum Gasteiger partial charge on any atom is 0.0410 e. The van der Waals surface area contributed by atoms with Gasteiger partial charge in [-0.05, 0) is 34.5 Å². The summed E-state index contributed by atoms with van der Waals surface area (Å²) in [5.41, 5.74) is 6.67. The van der Waals surface area contributed by atoms with Crippen molar-refractivity contribution in [1.29, 1.82) is 0 Å². The van der Waals surface area contributed by atoms with Gasteiger partial charge >= 0.3 is 0 Å². The molecule has 0 amide bonds. The van der Waals surface area contributed by atoms with E-state index in [1.807, 2.05) is 13.0 Å². The van der Waals surface area contributed by atoms with E-state index in [-0.39, 0.29) is 6.04 Å². The van der Waals surface area contributed by atoms with Crippen molar-refractivity contribution in [2.75, 3.05) is 0 Å². The standard InChI is InChI=1S/C7H9BrN2/c1-5(9)6-2-7(8)4-10-3-6/h2-5H,9H2,1H3. The van der Waals surface area contributed by atoms with Crippen LogP contribution < -0.4 is 5.73 Å². The lowest BCUT2D eigenvalue weighted by atomic mass is 10.2. The number of rotatable bonds is 1. The largest absolute Gasteiger partial charge is 0.324 e. The smallest absolute Gasteiger partial charge is 0.0410 e. The Labute approximate surface area is 68.6 Å². The van der Waals surface area contributed by atoms with E-state index >= 15 is 0 Å². The van der Waals surface area contributed by atoms with E-state index in [0.717, 1.165) is 10.0 Å². The molecule has 0 bridgehead atoms. The Bertz CT molecular complexity index is 223. The molecule has 0 spiro atoms. The quantitative estimate of drug-likeness (QED) is 0.753. The second-order valence-electron chi connectivity index (χ2n) is 2.23. The van der Waals surface area contributed by atoms with Gasteiger partial charge in [-0.2, -0.15) is 0 Å². The van der Waals surface area contributed by atoms with Crippen molar-refractivity contribution < 1.29 is 0 Å². The van der Waals surface area contributed by atoms with E-state index in [2.05, 4.69) is 20.9 Å². The molecular weight excluding hydrogens is 192 g/mol. The van der Waals surface area contributed by atoms with Crippen LogP contribution in [0.3, 0.4) is 0 Å². The lowest BCUT2D eigenvalue weighted by Crippen LogP contribution is -2.04. The summed E-state index contributed by atoms with van der Waals surface area (Å²) in [5.74, 6) is 0. The van der Waals surface area contributed by atoms with E-state index in [9.17, 15) is 0 Å². The van der Waals surface area contributed by atoms with E-state index in [4.69, 9.17) is 5.73 Å². The summed E-state index contributed by atoms with van der Waals surface area (Å²) in [6.07, 6.45) is 3.52. The van der Waals surface area contributed by atoms with Crippen LogP contribution in [0.4, 0.5) is 0 Å². The monoisotopic (exact) mass is 200 g/mol. The second-order valence-corrected chi connectivity index (χ2v) is 3.14. The molecule has 1 rings (SSSR count). The lowest BCUT2D eigenvalue weighted by molar-refractivity contribution is 0.810. The van der Waals surface area contributed by atoms with Gasteiger partial charge in [-0.3, -0.25) is 4.98 Å². The predicted molar refractivity (Wildman–Crippen MR) is 44.5 cm³/mol. The molecule has 3 heteroatoms. The number of nitrogens with zero attached hydrogens (tertiary/aromatic N) is 1. The van der Waals surface area contributed by atoms with Crippen LogP contribution >= 0.6 is 15.9 Å². The first kappa shape index (κ1) is 7.69. The topological polar surface area (TPSA) is 38.9 Å². The van der Waals surface area contributed by atoms with Gasteiger partial charge in [0.1, 0.15) is 0 Å². The summed E-state index contributed by atoms with van der Waals surface area (Å²) in [5, 5.41) is 0. The summed E-state index contributed by atoms with van der Waals surface area (Å²) >= 11 is 3.31. The number of hydrogen-bond acceptors (Lipinski definition) is 2. The van der Waals surface area contributed by atoms with Crippen LogP contribution in [0.5, 0.6) is 0 Å². The Kier molecular flexibility index (Phi) is 2.40. The average Bonchev–Trinajstić information content (AvgIpc) is 1.88. The molecule has 0 aromatic carbocycles. The third kappa shape index (κ3) is 1.78. The average molecular weight is 201 g/mol. The van der Waals surface area contributed by atoms with E-state index < -0.39 is 0 Å². The van der Waals surface area contributed by atoms with Crippen molar-refractivity contribution in [3.05, 3.63) is 28.5 Å². The molecule has 2 N–H and O–H groups in total. The molecule has 0 aliphatic carbocycles. The van der Waals surface area contributed by atoms with Crippen molar-refractivity contribution in [1.82, 2.24) is 4.98 Å².